The topological polar surface area (TPSA) is 357 Å². The van der Waals surface area contributed by atoms with Crippen molar-refractivity contribution < 1.29 is 53.4 Å². The molecule has 23 nitrogen and oxygen atoms in total. The fourth-order valence-corrected chi connectivity index (χ4v) is 8.93. The number of nitrogens with two attached hydrogens (primary N) is 1. The summed E-state index contributed by atoms with van der Waals surface area (Å²) in [5.74, 6) is -6.47. The number of nitrogens with zero attached hydrogens (tertiary/aromatic N) is 2. The summed E-state index contributed by atoms with van der Waals surface area (Å²) < 4.78 is 0. The average molecular weight is 1140 g/mol. The lowest BCUT2D eigenvalue weighted by atomic mass is 10.0. The van der Waals surface area contributed by atoms with Gasteiger partial charge in [0, 0.05) is 43.1 Å². The lowest BCUT2D eigenvalue weighted by molar-refractivity contribution is -0.136. The van der Waals surface area contributed by atoms with Gasteiger partial charge in [0.25, 0.3) is 0 Å². The third kappa shape index (κ3) is 32.8. The predicted molar refractivity (Wildman–Crippen MR) is 313 cm³/mol. The van der Waals surface area contributed by atoms with Crippen LogP contribution in [0.4, 0.5) is 0 Å². The van der Waals surface area contributed by atoms with Crippen molar-refractivity contribution in [2.24, 2.45) is 16.6 Å². The first-order chi connectivity index (χ1) is 38.9. The number of hydrogen-bond donors (Lipinski definition) is 12. The molecule has 0 saturated carbocycles. The molecule has 460 valence electrons. The molecule has 13 N–H and O–H groups in total. The van der Waals surface area contributed by atoms with Crippen LogP contribution in [-0.4, -0.2) is 148 Å². The van der Waals surface area contributed by atoms with Crippen molar-refractivity contribution in [3.8, 4) is 0 Å². The summed E-state index contributed by atoms with van der Waals surface area (Å²) in [6, 6.07) is -9.07. The van der Waals surface area contributed by atoms with Gasteiger partial charge in [0.05, 0.1) is 32.1 Å². The van der Waals surface area contributed by atoms with Gasteiger partial charge < -0.3 is 63.5 Å². The minimum Gasteiger partial charge on any atom is -0.394 e. The maximum Gasteiger partial charge on any atom is 0.245 e. The summed E-state index contributed by atoms with van der Waals surface area (Å²) in [5, 5.41) is 41.5. The highest BCUT2D eigenvalue weighted by molar-refractivity contribution is 5.98. The molecule has 1 heterocycles. The van der Waals surface area contributed by atoms with Gasteiger partial charge in [-0.3, -0.25) is 48.1 Å². The van der Waals surface area contributed by atoms with Crippen LogP contribution < -0.4 is 48.3 Å². The Kier molecular flexibility index (Phi) is 40.1. The van der Waals surface area contributed by atoms with E-state index in [9.17, 15) is 53.4 Å². The number of allylic oxidation sites excluding steroid dienone is 1. The van der Waals surface area contributed by atoms with Crippen molar-refractivity contribution in [3.05, 3.63) is 30.0 Å². The third-order valence-electron chi connectivity index (χ3n) is 13.7. The van der Waals surface area contributed by atoms with E-state index < -0.39 is 103 Å². The van der Waals surface area contributed by atoms with Gasteiger partial charge in [0.1, 0.15) is 36.3 Å². The van der Waals surface area contributed by atoms with Crippen LogP contribution in [-0.2, 0) is 49.6 Å². The number of aromatic nitrogens is 2. The maximum absolute atomic E-state index is 14.0. The molecule has 23 heteroatoms. The first-order valence-electron chi connectivity index (χ1n) is 29.8. The fourth-order valence-electron chi connectivity index (χ4n) is 8.93. The SMILES string of the molecule is CC=N/C(=C\C)C[C@H](NC(=O)CNC(=O)[C@H](CCCCN)NC(=O)[C@H](CO)NC(=O)[C@H](Cc1cnc[nH]1)NC(=O)[C@H](CO)NC(=O)[C@H](CC(C)C)NC(=O)[C@H](CCCCC)NC(=O)CCCCCCCCCCCCCCC)C(C)=O. The molecule has 1 rings (SSSR count). The number of aliphatic hydroxyl groups excluding tert-OH is 2. The van der Waals surface area contributed by atoms with Crippen molar-refractivity contribution in [2.45, 2.75) is 245 Å². The van der Waals surface area contributed by atoms with Crippen LogP contribution >= 0.6 is 0 Å². The Morgan fingerprint density at radius 3 is 1.53 bits per heavy atom. The van der Waals surface area contributed by atoms with E-state index in [1.54, 1.807) is 26.1 Å². The number of Topliss-reactive ketones (excluding diaryl/α,β-unsaturated/α-hetero) is 1. The summed E-state index contributed by atoms with van der Waals surface area (Å²) >= 11 is 0. The first-order valence-corrected chi connectivity index (χ1v) is 29.8. The summed E-state index contributed by atoms with van der Waals surface area (Å²) in [5.41, 5.74) is 6.61. The minimum atomic E-state index is -1.67. The van der Waals surface area contributed by atoms with Crippen molar-refractivity contribution in [1.29, 1.82) is 0 Å². The van der Waals surface area contributed by atoms with E-state index in [1.165, 1.54) is 77.2 Å². The highest BCUT2D eigenvalue weighted by Crippen LogP contribution is 2.15. The predicted octanol–water partition coefficient (Wildman–Crippen LogP) is 3.66. The number of carbonyl (C=O) groups excluding carboxylic acids is 9. The van der Waals surface area contributed by atoms with E-state index in [4.69, 9.17) is 5.73 Å². The summed E-state index contributed by atoms with van der Waals surface area (Å²) in [4.78, 5) is 132. The number of hydrogen-bond acceptors (Lipinski definition) is 14. The van der Waals surface area contributed by atoms with Gasteiger partial charge in [0.15, 0.2) is 5.78 Å². The molecule has 0 aromatic carbocycles. The van der Waals surface area contributed by atoms with E-state index >= 15 is 0 Å². The van der Waals surface area contributed by atoms with Crippen molar-refractivity contribution in [2.75, 3.05) is 26.3 Å². The molecule has 0 aliphatic heterocycles. The van der Waals surface area contributed by atoms with Gasteiger partial charge in [-0.15, -0.1) is 0 Å². The number of imidazole rings is 1. The van der Waals surface area contributed by atoms with E-state index in [0.29, 0.717) is 43.5 Å². The second-order valence-corrected chi connectivity index (χ2v) is 21.3. The normalized spacial score (nSPS) is 14.2. The quantitative estimate of drug-likeness (QED) is 0.0328. The Morgan fingerprint density at radius 1 is 0.580 bits per heavy atom. The highest BCUT2D eigenvalue weighted by atomic mass is 16.3. The number of aliphatic hydroxyl groups is 2. The molecule has 0 saturated heterocycles. The lowest BCUT2D eigenvalue weighted by Crippen LogP contribution is -2.61. The van der Waals surface area contributed by atoms with Crippen LogP contribution in [0.2, 0.25) is 0 Å². The molecular formula is C58H102N12O11. The number of amides is 8. The summed E-state index contributed by atoms with van der Waals surface area (Å²) in [6.45, 7) is 10.6. The van der Waals surface area contributed by atoms with Gasteiger partial charge in [-0.1, -0.05) is 130 Å². The van der Waals surface area contributed by atoms with Gasteiger partial charge in [0.2, 0.25) is 47.3 Å². The zero-order valence-corrected chi connectivity index (χ0v) is 49.8. The molecule has 0 aliphatic carbocycles. The van der Waals surface area contributed by atoms with Crippen LogP contribution in [0.15, 0.2) is 29.3 Å². The molecule has 81 heavy (non-hydrogen) atoms. The van der Waals surface area contributed by atoms with Crippen molar-refractivity contribution in [3.63, 3.8) is 0 Å². The zero-order chi connectivity index (χ0) is 60.4. The standard InChI is InChI=1S/C58H102N12O11/c1-8-12-14-15-16-17-18-19-20-21-22-23-25-30-51(74)64-45(28-24-13-9-2)54(77)67-47(32-40(5)6)55(78)69-50(38-72)58(81)68-48(34-43-35-60-39-63-43)56(79)70-49(37-71)57(80)66-44(29-26-27-31-59)53(76)62-36-52(75)65-46(41(7)73)33-42(10-3)61-11-4/h10-11,35,39-40,44-50,71-72H,8-9,12-34,36-38,59H2,1-7H3,(H,60,63)(H,62,76)(H,64,74)(H,65,75)(H,66,80)(H,67,77)(H,68,81)(H,69,78)(H,70,79)/b42-10-,61-11?/t44-,45-,46-,47-,48-,49-,50-/m0/s1. The summed E-state index contributed by atoms with van der Waals surface area (Å²) in [7, 11) is 0. The molecule has 0 unspecified atom stereocenters. The minimum absolute atomic E-state index is 0.0579. The largest absolute Gasteiger partial charge is 0.394 e. The molecule has 0 bridgehead atoms. The van der Waals surface area contributed by atoms with Gasteiger partial charge in [-0.2, -0.15) is 0 Å². The monoisotopic (exact) mass is 1140 g/mol. The number of ketones is 1. The Labute approximate surface area is 481 Å². The Hall–Kier alpha value is -6.07. The molecule has 0 fully saturated rings. The van der Waals surface area contributed by atoms with Crippen molar-refractivity contribution in [1.82, 2.24) is 52.5 Å². The number of aromatic amines is 1. The van der Waals surface area contributed by atoms with Crippen molar-refractivity contribution >= 4 is 59.3 Å². The zero-order valence-electron chi connectivity index (χ0n) is 49.8. The highest BCUT2D eigenvalue weighted by Gasteiger charge is 2.34. The Bertz CT molecular complexity index is 2070. The number of nitrogens with one attached hydrogen (secondary N) is 9. The molecule has 0 spiro atoms. The number of unbranched alkanes of at least 4 members (excludes halogenated alkanes) is 15. The lowest BCUT2D eigenvalue weighted by Gasteiger charge is -2.27. The number of carbonyl (C=O) groups is 9. The first kappa shape index (κ1) is 72.9. The second-order valence-electron chi connectivity index (χ2n) is 21.3. The second kappa shape index (κ2) is 44.6. The van der Waals surface area contributed by atoms with Gasteiger partial charge in [-0.25, -0.2) is 4.98 Å². The maximum atomic E-state index is 14.0. The average Bonchev–Trinajstić information content (AvgIpc) is 3.98. The van der Waals surface area contributed by atoms with E-state index in [1.807, 2.05) is 20.8 Å². The van der Waals surface area contributed by atoms with Crippen LogP contribution in [0.1, 0.15) is 202 Å². The third-order valence-corrected chi connectivity index (χ3v) is 13.7. The van der Waals surface area contributed by atoms with Crippen LogP contribution in [0.3, 0.4) is 0 Å². The number of rotatable bonds is 47. The van der Waals surface area contributed by atoms with Gasteiger partial charge in [-0.05, 0) is 71.8 Å². The fraction of sp³-hybridized carbons (Fsp3) is 0.741. The molecule has 1 aromatic rings. The van der Waals surface area contributed by atoms with E-state index in [0.717, 1.165) is 32.1 Å². The van der Waals surface area contributed by atoms with Gasteiger partial charge >= 0.3 is 0 Å². The number of H-pyrrole nitrogens is 1. The molecule has 7 atom stereocenters. The molecular weight excluding hydrogens is 1040 g/mol. The molecule has 8 amide bonds. The van der Waals surface area contributed by atoms with Crippen LogP contribution in [0.25, 0.3) is 0 Å². The number of aliphatic imine (C=N–C) groups is 1. The molecule has 0 aliphatic rings. The van der Waals surface area contributed by atoms with E-state index in [2.05, 4.69) is 64.4 Å². The van der Waals surface area contributed by atoms with Crippen LogP contribution in [0.5, 0.6) is 0 Å². The van der Waals surface area contributed by atoms with Crippen LogP contribution in [0, 0.1) is 5.92 Å². The smallest absolute Gasteiger partial charge is 0.245 e. The molecule has 1 aromatic heterocycles. The Balaban J connectivity index is 3.11. The summed E-state index contributed by atoms with van der Waals surface area (Å²) in [6.07, 6.45) is 25.1. The Morgan fingerprint density at radius 2 is 1.04 bits per heavy atom. The van der Waals surface area contributed by atoms with E-state index in [-0.39, 0.29) is 56.3 Å². The molecule has 0 radical (unpaired) electrons.